The van der Waals surface area contributed by atoms with Crippen molar-refractivity contribution in [3.05, 3.63) is 46.3 Å². The fourth-order valence-electron chi connectivity index (χ4n) is 3.14. The first kappa shape index (κ1) is 16.3. The predicted octanol–water partition coefficient (Wildman–Crippen LogP) is 6.67. The molecule has 116 valence electrons. The molecule has 0 bridgehead atoms. The summed E-state index contributed by atoms with van der Waals surface area (Å²) < 4.78 is 13.7. The van der Waals surface area contributed by atoms with E-state index in [1.54, 1.807) is 11.6 Å². The number of rotatable bonds is 5. The van der Waals surface area contributed by atoms with E-state index in [4.69, 9.17) is 0 Å². The molecule has 0 aliphatic heterocycles. The molecule has 0 radical (unpaired) electrons. The van der Waals surface area contributed by atoms with Crippen molar-refractivity contribution in [1.29, 1.82) is 0 Å². The zero-order chi connectivity index (χ0) is 15.4. The molecule has 0 saturated heterocycles. The van der Waals surface area contributed by atoms with Crippen molar-refractivity contribution in [1.82, 2.24) is 0 Å². The molecule has 21 heavy (non-hydrogen) atoms. The molecule has 0 N–H and O–H groups in total. The Labute approximate surface area is 129 Å². The molecule has 1 atom stereocenters. The molecule has 0 aromatic carbocycles. The summed E-state index contributed by atoms with van der Waals surface area (Å²) in [4.78, 5) is 0. The molecule has 1 heteroatoms. The van der Waals surface area contributed by atoms with Crippen molar-refractivity contribution in [2.75, 3.05) is 0 Å². The number of halogens is 1. The fraction of sp³-hybridized carbons (Fsp3) is 0.600. The molecule has 0 nitrogen and oxygen atoms in total. The predicted molar refractivity (Wildman–Crippen MR) is 89.8 cm³/mol. The Bertz CT molecular complexity index is 500. The highest BCUT2D eigenvalue weighted by Gasteiger charge is 2.17. The lowest BCUT2D eigenvalue weighted by Crippen LogP contribution is -2.07. The lowest BCUT2D eigenvalue weighted by Gasteiger charge is -2.23. The van der Waals surface area contributed by atoms with Gasteiger partial charge in [-0.05, 0) is 73.7 Å². The Hall–Kier alpha value is -1.11. The number of allylic oxidation sites excluding steroid dienone is 8. The maximum Gasteiger partial charge on any atom is 0.122 e. The van der Waals surface area contributed by atoms with E-state index in [1.165, 1.54) is 24.0 Å². The first-order valence-electron chi connectivity index (χ1n) is 8.43. The minimum atomic E-state index is -0.0165. The molecule has 2 aliphatic rings. The summed E-state index contributed by atoms with van der Waals surface area (Å²) in [5, 5.41) is 0. The lowest BCUT2D eigenvalue weighted by atomic mass is 9.83. The molecular weight excluding hydrogens is 259 g/mol. The Balaban J connectivity index is 2.02. The van der Waals surface area contributed by atoms with Crippen LogP contribution in [0.3, 0.4) is 0 Å². The van der Waals surface area contributed by atoms with Gasteiger partial charge in [-0.2, -0.15) is 0 Å². The van der Waals surface area contributed by atoms with Crippen LogP contribution in [0.25, 0.3) is 0 Å². The first-order valence-corrected chi connectivity index (χ1v) is 8.43. The van der Waals surface area contributed by atoms with Crippen molar-refractivity contribution in [3.8, 4) is 0 Å². The van der Waals surface area contributed by atoms with Gasteiger partial charge in [0.2, 0.25) is 0 Å². The topological polar surface area (TPSA) is 0 Å². The van der Waals surface area contributed by atoms with Crippen molar-refractivity contribution in [3.63, 3.8) is 0 Å². The van der Waals surface area contributed by atoms with Gasteiger partial charge in [0.25, 0.3) is 0 Å². The highest BCUT2D eigenvalue weighted by molar-refractivity contribution is 5.44. The summed E-state index contributed by atoms with van der Waals surface area (Å²) in [6, 6.07) is 0. The third-order valence-corrected chi connectivity index (χ3v) is 4.88. The van der Waals surface area contributed by atoms with Gasteiger partial charge in [0.05, 0.1) is 0 Å². The Kier molecular flexibility index (Phi) is 5.61. The van der Waals surface area contributed by atoms with Gasteiger partial charge in [-0.3, -0.25) is 0 Å². The summed E-state index contributed by atoms with van der Waals surface area (Å²) in [5.74, 6) is 1.45. The van der Waals surface area contributed by atoms with Crippen LogP contribution in [0.5, 0.6) is 0 Å². The molecule has 0 aromatic rings. The summed E-state index contributed by atoms with van der Waals surface area (Å²) in [7, 11) is 0. The van der Waals surface area contributed by atoms with E-state index in [9.17, 15) is 4.39 Å². The van der Waals surface area contributed by atoms with Gasteiger partial charge in [0.1, 0.15) is 5.83 Å². The maximum atomic E-state index is 13.7. The number of hydrogen-bond acceptors (Lipinski definition) is 0. The molecule has 0 spiro atoms. The fourth-order valence-corrected chi connectivity index (χ4v) is 3.14. The summed E-state index contributed by atoms with van der Waals surface area (Å²) in [6.45, 7) is 8.82. The first-order chi connectivity index (χ1) is 9.97. The third-order valence-electron chi connectivity index (χ3n) is 4.88. The molecule has 0 amide bonds. The van der Waals surface area contributed by atoms with Gasteiger partial charge in [-0.15, -0.1) is 0 Å². The van der Waals surface area contributed by atoms with Crippen LogP contribution in [0.4, 0.5) is 4.39 Å². The van der Waals surface area contributed by atoms with Crippen molar-refractivity contribution in [2.24, 2.45) is 11.8 Å². The maximum absolute atomic E-state index is 13.7. The average molecular weight is 288 g/mol. The van der Waals surface area contributed by atoms with Gasteiger partial charge in [-0.1, -0.05) is 44.9 Å². The highest BCUT2D eigenvalue weighted by atomic mass is 19.1. The summed E-state index contributed by atoms with van der Waals surface area (Å²) in [5.41, 5.74) is 5.03. The van der Waals surface area contributed by atoms with E-state index in [0.29, 0.717) is 5.92 Å². The molecule has 2 aliphatic carbocycles. The van der Waals surface area contributed by atoms with E-state index in [2.05, 4.69) is 32.9 Å². The molecule has 2 rings (SSSR count). The zero-order valence-corrected chi connectivity index (χ0v) is 14.0. The van der Waals surface area contributed by atoms with Crippen molar-refractivity contribution in [2.45, 2.75) is 66.2 Å². The van der Waals surface area contributed by atoms with Gasteiger partial charge in [-0.25, -0.2) is 4.39 Å². The van der Waals surface area contributed by atoms with Crippen LogP contribution < -0.4 is 0 Å². The highest BCUT2D eigenvalue weighted by Crippen LogP contribution is 2.35. The van der Waals surface area contributed by atoms with Crippen LogP contribution in [-0.4, -0.2) is 0 Å². The van der Waals surface area contributed by atoms with Crippen LogP contribution in [-0.2, 0) is 0 Å². The van der Waals surface area contributed by atoms with E-state index >= 15 is 0 Å². The van der Waals surface area contributed by atoms with Gasteiger partial charge < -0.3 is 0 Å². The lowest BCUT2D eigenvalue weighted by molar-refractivity contribution is 0.480. The van der Waals surface area contributed by atoms with Crippen LogP contribution in [0.2, 0.25) is 0 Å². The second-order valence-electron chi connectivity index (χ2n) is 7.10. The number of hydrogen-bond donors (Lipinski definition) is 0. The molecule has 0 heterocycles. The van der Waals surface area contributed by atoms with E-state index < -0.39 is 0 Å². The summed E-state index contributed by atoms with van der Waals surface area (Å²) in [6.07, 6.45) is 13.0. The second kappa shape index (κ2) is 7.24. The quantitative estimate of drug-likeness (QED) is 0.530. The van der Waals surface area contributed by atoms with Crippen molar-refractivity contribution >= 4 is 0 Å². The average Bonchev–Trinajstić information content (AvgIpc) is 2.48. The molecule has 0 saturated carbocycles. The molecule has 0 aromatic heterocycles. The SMILES string of the molecule is CC1=C(F)C=C(C2=CC=C(C(C)CCC(C)C)CC2)CC1. The zero-order valence-electron chi connectivity index (χ0n) is 14.0. The monoisotopic (exact) mass is 288 g/mol. The summed E-state index contributed by atoms with van der Waals surface area (Å²) >= 11 is 0. The van der Waals surface area contributed by atoms with Crippen LogP contribution in [0.15, 0.2) is 46.3 Å². The van der Waals surface area contributed by atoms with E-state index in [1.807, 2.05) is 6.92 Å². The van der Waals surface area contributed by atoms with Crippen LogP contribution in [0, 0.1) is 11.8 Å². The minimum absolute atomic E-state index is 0.0165. The largest absolute Gasteiger partial charge is 0.207 e. The normalized spacial score (nSPS) is 21.1. The van der Waals surface area contributed by atoms with Gasteiger partial charge in [0.15, 0.2) is 0 Å². The standard InChI is InChI=1S/C20H29F/c1-14(2)5-6-15(3)17-9-11-18(12-10-17)19-8-7-16(4)20(21)13-19/h9,11,13-15H,5-8,10,12H2,1-4H3. The van der Waals surface area contributed by atoms with E-state index in [0.717, 1.165) is 37.2 Å². The van der Waals surface area contributed by atoms with E-state index in [-0.39, 0.29) is 5.83 Å². The Morgan fingerprint density at radius 3 is 2.24 bits per heavy atom. The molecule has 0 fully saturated rings. The Morgan fingerprint density at radius 2 is 1.67 bits per heavy atom. The minimum Gasteiger partial charge on any atom is -0.207 e. The van der Waals surface area contributed by atoms with Gasteiger partial charge in [0, 0.05) is 0 Å². The molecule has 1 unspecified atom stereocenters. The molecular formula is C20H29F. The Morgan fingerprint density at radius 1 is 0.952 bits per heavy atom. The van der Waals surface area contributed by atoms with Crippen LogP contribution >= 0.6 is 0 Å². The smallest absolute Gasteiger partial charge is 0.122 e. The van der Waals surface area contributed by atoms with Crippen LogP contribution in [0.1, 0.15) is 66.2 Å². The second-order valence-corrected chi connectivity index (χ2v) is 7.10. The van der Waals surface area contributed by atoms with Crippen molar-refractivity contribution < 1.29 is 4.39 Å². The third kappa shape index (κ3) is 4.43. The van der Waals surface area contributed by atoms with Gasteiger partial charge >= 0.3 is 0 Å².